The Labute approximate surface area is 202 Å². The van der Waals surface area contributed by atoms with Gasteiger partial charge < -0.3 is 10.1 Å². The summed E-state index contributed by atoms with van der Waals surface area (Å²) in [5.41, 5.74) is 5.24. The summed E-state index contributed by atoms with van der Waals surface area (Å²) in [6, 6.07) is 19.3. The molecule has 0 heterocycles. The maximum atomic E-state index is 13.5. The van der Waals surface area contributed by atoms with Gasteiger partial charge in [-0.1, -0.05) is 42.5 Å². The second-order valence-electron chi connectivity index (χ2n) is 8.52. The van der Waals surface area contributed by atoms with E-state index in [1.165, 1.54) is 29.1 Å². The molecule has 0 aliphatic carbocycles. The van der Waals surface area contributed by atoms with Crippen LogP contribution in [-0.4, -0.2) is 32.3 Å². The Morgan fingerprint density at radius 2 is 1.56 bits per heavy atom. The van der Waals surface area contributed by atoms with Crippen molar-refractivity contribution in [2.24, 2.45) is 0 Å². The van der Waals surface area contributed by atoms with Crippen LogP contribution in [0.4, 0.5) is 0 Å². The van der Waals surface area contributed by atoms with E-state index in [9.17, 15) is 13.2 Å². The highest BCUT2D eigenvalue weighted by molar-refractivity contribution is 7.89. The molecule has 1 N–H and O–H groups in total. The molecule has 0 saturated heterocycles. The van der Waals surface area contributed by atoms with Gasteiger partial charge in [-0.15, -0.1) is 0 Å². The number of amides is 1. The van der Waals surface area contributed by atoms with Gasteiger partial charge in [-0.3, -0.25) is 4.79 Å². The standard InChI is InChI=1S/C27H32N2O4S/c1-19-15-21(3)26(16-20(19)2)22(4)28-27(30)18-29(17-23-9-7-6-8-10-23)34(31,32)25-13-11-24(33-5)12-14-25/h6-16,22H,17-18H2,1-5H3,(H,28,30)/t22-/m0/s1. The summed E-state index contributed by atoms with van der Waals surface area (Å²) in [5, 5.41) is 2.98. The van der Waals surface area contributed by atoms with Gasteiger partial charge in [0.2, 0.25) is 15.9 Å². The van der Waals surface area contributed by atoms with Crippen molar-refractivity contribution >= 4 is 15.9 Å². The SMILES string of the molecule is COc1ccc(S(=O)(=O)N(CC(=O)N[C@@H](C)c2cc(C)c(C)cc2C)Cc2ccccc2)cc1. The third kappa shape index (κ3) is 6.04. The Morgan fingerprint density at radius 1 is 0.941 bits per heavy atom. The molecule has 3 aromatic rings. The first-order valence-electron chi connectivity index (χ1n) is 11.2. The largest absolute Gasteiger partial charge is 0.497 e. The molecule has 0 unspecified atom stereocenters. The molecule has 0 fully saturated rings. The highest BCUT2D eigenvalue weighted by atomic mass is 32.2. The summed E-state index contributed by atoms with van der Waals surface area (Å²) in [7, 11) is -2.40. The fraction of sp³-hybridized carbons (Fsp3) is 0.296. The molecule has 7 heteroatoms. The number of aryl methyl sites for hydroxylation is 3. The molecule has 0 aliphatic heterocycles. The van der Waals surface area contributed by atoms with Crippen molar-refractivity contribution in [2.75, 3.05) is 13.7 Å². The average molecular weight is 481 g/mol. The number of nitrogens with zero attached hydrogens (tertiary/aromatic N) is 1. The summed E-state index contributed by atoms with van der Waals surface area (Å²) in [4.78, 5) is 13.1. The van der Waals surface area contributed by atoms with Gasteiger partial charge in [0.05, 0.1) is 24.6 Å². The first-order valence-corrected chi connectivity index (χ1v) is 12.6. The van der Waals surface area contributed by atoms with Crippen molar-refractivity contribution in [1.82, 2.24) is 9.62 Å². The maximum absolute atomic E-state index is 13.5. The van der Waals surface area contributed by atoms with E-state index in [1.807, 2.05) is 51.1 Å². The van der Waals surface area contributed by atoms with E-state index in [4.69, 9.17) is 4.74 Å². The predicted octanol–water partition coefficient (Wildman–Crippen LogP) is 4.69. The molecular weight excluding hydrogens is 448 g/mol. The molecule has 3 rings (SSSR count). The molecule has 3 aromatic carbocycles. The van der Waals surface area contributed by atoms with Gasteiger partial charge in [-0.05, 0) is 79.8 Å². The number of nitrogens with one attached hydrogen (secondary N) is 1. The summed E-state index contributed by atoms with van der Waals surface area (Å²) >= 11 is 0. The number of carbonyl (C=O) groups is 1. The van der Waals surface area contributed by atoms with Gasteiger partial charge in [0.15, 0.2) is 0 Å². The Balaban J connectivity index is 1.84. The smallest absolute Gasteiger partial charge is 0.243 e. The normalized spacial score (nSPS) is 12.4. The molecule has 180 valence electrons. The van der Waals surface area contributed by atoms with E-state index in [-0.39, 0.29) is 29.9 Å². The molecule has 0 radical (unpaired) electrons. The van der Waals surface area contributed by atoms with Gasteiger partial charge in [0.1, 0.15) is 5.75 Å². The second-order valence-corrected chi connectivity index (χ2v) is 10.5. The van der Waals surface area contributed by atoms with Gasteiger partial charge in [-0.2, -0.15) is 4.31 Å². The molecular formula is C27H32N2O4S. The predicted molar refractivity (Wildman–Crippen MR) is 134 cm³/mol. The van der Waals surface area contributed by atoms with E-state index in [2.05, 4.69) is 24.4 Å². The number of carbonyl (C=O) groups excluding carboxylic acids is 1. The molecule has 0 aromatic heterocycles. The Morgan fingerprint density at radius 3 is 2.18 bits per heavy atom. The van der Waals surface area contributed by atoms with Crippen LogP contribution in [0.25, 0.3) is 0 Å². The first kappa shape index (κ1) is 25.5. The molecule has 1 atom stereocenters. The minimum Gasteiger partial charge on any atom is -0.497 e. The van der Waals surface area contributed by atoms with Crippen LogP contribution in [0.1, 0.15) is 40.8 Å². The van der Waals surface area contributed by atoms with Crippen LogP contribution in [0.3, 0.4) is 0 Å². The lowest BCUT2D eigenvalue weighted by Gasteiger charge is -2.24. The third-order valence-electron chi connectivity index (χ3n) is 5.95. The maximum Gasteiger partial charge on any atom is 0.243 e. The number of hydrogen-bond acceptors (Lipinski definition) is 4. The topological polar surface area (TPSA) is 75.7 Å². The lowest BCUT2D eigenvalue weighted by molar-refractivity contribution is -0.122. The number of benzene rings is 3. The van der Waals surface area contributed by atoms with Gasteiger partial charge in [-0.25, -0.2) is 8.42 Å². The number of rotatable bonds is 9. The fourth-order valence-electron chi connectivity index (χ4n) is 3.88. The number of methoxy groups -OCH3 is 1. The first-order chi connectivity index (χ1) is 16.1. The zero-order chi connectivity index (χ0) is 24.9. The molecule has 0 aliphatic rings. The minimum atomic E-state index is -3.92. The van der Waals surface area contributed by atoms with Crippen LogP contribution in [0, 0.1) is 20.8 Å². The van der Waals surface area contributed by atoms with E-state index >= 15 is 0 Å². The van der Waals surface area contributed by atoms with Gasteiger partial charge in [0, 0.05) is 6.54 Å². The van der Waals surface area contributed by atoms with E-state index in [0.29, 0.717) is 5.75 Å². The zero-order valence-corrected chi connectivity index (χ0v) is 21.1. The summed E-state index contributed by atoms with van der Waals surface area (Å²) in [6.45, 7) is 7.81. The van der Waals surface area contributed by atoms with Crippen LogP contribution >= 0.6 is 0 Å². The Hall–Kier alpha value is -3.16. The molecule has 1 amide bonds. The van der Waals surface area contributed by atoms with Gasteiger partial charge >= 0.3 is 0 Å². The molecule has 0 saturated carbocycles. The number of ether oxygens (including phenoxy) is 1. The minimum absolute atomic E-state index is 0.0830. The highest BCUT2D eigenvalue weighted by Gasteiger charge is 2.27. The van der Waals surface area contributed by atoms with E-state index < -0.39 is 10.0 Å². The summed E-state index contributed by atoms with van der Waals surface area (Å²) in [6.07, 6.45) is 0. The third-order valence-corrected chi connectivity index (χ3v) is 7.75. The van der Waals surface area contributed by atoms with Crippen molar-refractivity contribution in [3.05, 3.63) is 94.5 Å². The quantitative estimate of drug-likeness (QED) is 0.482. The van der Waals surface area contributed by atoms with Crippen LogP contribution < -0.4 is 10.1 Å². The van der Waals surface area contributed by atoms with E-state index in [0.717, 1.165) is 22.3 Å². The van der Waals surface area contributed by atoms with Crippen LogP contribution in [-0.2, 0) is 21.4 Å². The Bertz CT molecular complexity index is 1240. The lowest BCUT2D eigenvalue weighted by atomic mass is 9.96. The molecule has 6 nitrogen and oxygen atoms in total. The van der Waals surface area contributed by atoms with Crippen molar-refractivity contribution in [3.63, 3.8) is 0 Å². The fourth-order valence-corrected chi connectivity index (χ4v) is 5.27. The number of sulfonamides is 1. The molecule has 0 bridgehead atoms. The number of hydrogen-bond donors (Lipinski definition) is 1. The average Bonchev–Trinajstić information content (AvgIpc) is 2.81. The summed E-state index contributed by atoms with van der Waals surface area (Å²) < 4.78 is 33.3. The van der Waals surface area contributed by atoms with Crippen LogP contribution in [0.15, 0.2) is 71.6 Å². The monoisotopic (exact) mass is 480 g/mol. The van der Waals surface area contributed by atoms with Crippen molar-refractivity contribution in [1.29, 1.82) is 0 Å². The lowest BCUT2D eigenvalue weighted by Crippen LogP contribution is -2.41. The van der Waals surface area contributed by atoms with Crippen molar-refractivity contribution in [3.8, 4) is 5.75 Å². The van der Waals surface area contributed by atoms with Crippen molar-refractivity contribution < 1.29 is 17.9 Å². The Kier molecular flexibility index (Phi) is 8.12. The van der Waals surface area contributed by atoms with Crippen LogP contribution in [0.2, 0.25) is 0 Å². The summed E-state index contributed by atoms with van der Waals surface area (Å²) in [5.74, 6) is 0.196. The zero-order valence-electron chi connectivity index (χ0n) is 20.3. The van der Waals surface area contributed by atoms with Gasteiger partial charge in [0.25, 0.3) is 0 Å². The van der Waals surface area contributed by atoms with Crippen LogP contribution in [0.5, 0.6) is 5.75 Å². The second kappa shape index (κ2) is 10.8. The molecule has 0 spiro atoms. The molecule has 34 heavy (non-hydrogen) atoms. The van der Waals surface area contributed by atoms with Crippen molar-refractivity contribution in [2.45, 2.75) is 45.2 Å². The van der Waals surface area contributed by atoms with E-state index in [1.54, 1.807) is 12.1 Å². The highest BCUT2D eigenvalue weighted by Crippen LogP contribution is 2.23.